The van der Waals surface area contributed by atoms with Gasteiger partial charge in [-0.25, -0.2) is 4.79 Å². The normalized spacial score (nSPS) is 7.27. The molecule has 0 heterocycles. The van der Waals surface area contributed by atoms with Crippen LogP contribution in [0.5, 0.6) is 0 Å². The Morgan fingerprint density at radius 1 is 1.18 bits per heavy atom. The van der Waals surface area contributed by atoms with Crippen molar-refractivity contribution in [2.24, 2.45) is 0 Å². The van der Waals surface area contributed by atoms with Gasteiger partial charge in [-0.2, -0.15) is 5.26 Å². The summed E-state index contributed by atoms with van der Waals surface area (Å²) < 4.78 is 0. The fourth-order valence-electron chi connectivity index (χ4n) is 0.725. The van der Waals surface area contributed by atoms with Crippen LogP contribution < -0.4 is 0 Å². The SMILES string of the molecule is C=C/C=C/C.C=CC#N.C=CC(=O)O.C=Cc1ccccc1. The van der Waals surface area contributed by atoms with Crippen molar-refractivity contribution in [2.75, 3.05) is 0 Å². The third-order valence-electron chi connectivity index (χ3n) is 1.63. The number of carbonyl (C=O) groups is 1. The standard InChI is InChI=1S/C8H8.C5H8.C3H3N.C3H4O2/c1-2-8-6-4-3-5-7-8;1-3-5-4-2;1-2-3-4;1-2-3(4)5/h2-7H,1H2;3-5H,1H2,2H3;2H,1H2;2H,1H2,(H,4,5)/b;5-4+;;. The lowest BCUT2D eigenvalue weighted by molar-refractivity contribution is -0.131. The molecule has 1 aromatic carbocycles. The van der Waals surface area contributed by atoms with E-state index in [9.17, 15) is 4.79 Å². The number of nitriles is 1. The Labute approximate surface area is 133 Å². The molecule has 116 valence electrons. The first-order valence-corrected chi connectivity index (χ1v) is 6.31. The van der Waals surface area contributed by atoms with E-state index in [4.69, 9.17) is 10.4 Å². The molecule has 0 aromatic heterocycles. The number of nitrogens with zero attached hydrogens (tertiary/aromatic N) is 1. The summed E-state index contributed by atoms with van der Waals surface area (Å²) in [7, 11) is 0. The molecule has 3 nitrogen and oxygen atoms in total. The van der Waals surface area contributed by atoms with E-state index < -0.39 is 5.97 Å². The van der Waals surface area contributed by atoms with Crippen LogP contribution in [0.4, 0.5) is 0 Å². The third kappa shape index (κ3) is 30.2. The van der Waals surface area contributed by atoms with Crippen LogP contribution in [-0.2, 0) is 4.79 Å². The van der Waals surface area contributed by atoms with Gasteiger partial charge < -0.3 is 5.11 Å². The summed E-state index contributed by atoms with van der Waals surface area (Å²) in [5.74, 6) is -0.981. The van der Waals surface area contributed by atoms with Gasteiger partial charge in [0.05, 0.1) is 6.07 Å². The predicted octanol–water partition coefficient (Wildman–Crippen LogP) is 5.03. The molecule has 0 amide bonds. The zero-order valence-corrected chi connectivity index (χ0v) is 13.0. The first-order chi connectivity index (χ1) is 10.5. The highest BCUT2D eigenvalue weighted by Gasteiger charge is 1.75. The van der Waals surface area contributed by atoms with Crippen LogP contribution in [0.25, 0.3) is 6.08 Å². The quantitative estimate of drug-likeness (QED) is 0.483. The van der Waals surface area contributed by atoms with E-state index in [0.717, 1.165) is 6.08 Å². The van der Waals surface area contributed by atoms with Crippen LogP contribution >= 0.6 is 0 Å². The molecule has 0 spiro atoms. The fraction of sp³-hybridized carbons (Fsp3) is 0.0526. The van der Waals surface area contributed by atoms with E-state index in [1.54, 1.807) is 12.1 Å². The Morgan fingerprint density at radius 3 is 1.77 bits per heavy atom. The Hall–Kier alpha value is -3.12. The summed E-state index contributed by atoms with van der Waals surface area (Å²) in [5, 5.41) is 15.1. The minimum atomic E-state index is -0.981. The Balaban J connectivity index is -0.000000230. The molecular weight excluding hydrogens is 274 g/mol. The van der Waals surface area contributed by atoms with Crippen molar-refractivity contribution < 1.29 is 9.90 Å². The lowest BCUT2D eigenvalue weighted by Crippen LogP contribution is -1.82. The van der Waals surface area contributed by atoms with E-state index in [0.29, 0.717) is 0 Å². The minimum absolute atomic E-state index is 0.833. The summed E-state index contributed by atoms with van der Waals surface area (Å²) in [6.07, 6.45) is 9.42. The second-order valence-electron chi connectivity index (χ2n) is 3.25. The second kappa shape index (κ2) is 23.0. The van der Waals surface area contributed by atoms with Crippen molar-refractivity contribution in [1.82, 2.24) is 0 Å². The minimum Gasteiger partial charge on any atom is -0.478 e. The van der Waals surface area contributed by atoms with Gasteiger partial charge in [-0.3, -0.25) is 0 Å². The van der Waals surface area contributed by atoms with Gasteiger partial charge in [-0.15, -0.1) is 0 Å². The van der Waals surface area contributed by atoms with E-state index in [2.05, 4.69) is 26.3 Å². The second-order valence-corrected chi connectivity index (χ2v) is 3.25. The van der Waals surface area contributed by atoms with Gasteiger partial charge in [0, 0.05) is 12.2 Å². The summed E-state index contributed by atoms with van der Waals surface area (Å²) in [5.41, 5.74) is 1.17. The number of hydrogen-bond donors (Lipinski definition) is 1. The molecule has 0 aliphatic rings. The maximum Gasteiger partial charge on any atom is 0.327 e. The van der Waals surface area contributed by atoms with Gasteiger partial charge in [-0.1, -0.05) is 81.0 Å². The highest BCUT2D eigenvalue weighted by Crippen LogP contribution is 1.97. The van der Waals surface area contributed by atoms with Gasteiger partial charge in [0.15, 0.2) is 0 Å². The number of benzene rings is 1. The van der Waals surface area contributed by atoms with Crippen molar-refractivity contribution in [3.05, 3.63) is 92.6 Å². The summed E-state index contributed by atoms with van der Waals surface area (Å²) >= 11 is 0. The Morgan fingerprint density at radius 2 is 1.64 bits per heavy atom. The molecule has 0 aliphatic carbocycles. The third-order valence-corrected chi connectivity index (χ3v) is 1.63. The molecule has 0 aliphatic heterocycles. The van der Waals surface area contributed by atoms with Gasteiger partial charge in [-0.05, 0) is 12.5 Å². The molecule has 0 bridgehead atoms. The van der Waals surface area contributed by atoms with Crippen LogP contribution in [0.15, 0.2) is 87.0 Å². The smallest absolute Gasteiger partial charge is 0.327 e. The van der Waals surface area contributed by atoms with E-state index in [-0.39, 0.29) is 0 Å². The van der Waals surface area contributed by atoms with Crippen molar-refractivity contribution >= 4 is 12.0 Å². The number of carboxylic acids is 1. The monoisotopic (exact) mass is 297 g/mol. The average Bonchev–Trinajstić information content (AvgIpc) is 2.57. The summed E-state index contributed by atoms with van der Waals surface area (Å²) in [4.78, 5) is 9.25. The highest BCUT2D eigenvalue weighted by atomic mass is 16.4. The fourth-order valence-corrected chi connectivity index (χ4v) is 0.725. The predicted molar refractivity (Wildman–Crippen MR) is 95.2 cm³/mol. The van der Waals surface area contributed by atoms with Crippen LogP contribution in [0, 0.1) is 11.3 Å². The first-order valence-electron chi connectivity index (χ1n) is 6.31. The molecule has 0 unspecified atom stereocenters. The molecule has 0 saturated carbocycles. The van der Waals surface area contributed by atoms with Crippen molar-refractivity contribution in [2.45, 2.75) is 6.92 Å². The van der Waals surface area contributed by atoms with Crippen molar-refractivity contribution in [3.8, 4) is 6.07 Å². The molecule has 1 rings (SSSR count). The van der Waals surface area contributed by atoms with Gasteiger partial charge in [0.1, 0.15) is 0 Å². The van der Waals surface area contributed by atoms with E-state index >= 15 is 0 Å². The summed E-state index contributed by atoms with van der Waals surface area (Å²) in [6.45, 7) is 15.1. The maximum atomic E-state index is 9.25. The van der Waals surface area contributed by atoms with Crippen LogP contribution in [0.1, 0.15) is 12.5 Å². The lowest BCUT2D eigenvalue weighted by Gasteiger charge is -1.85. The van der Waals surface area contributed by atoms with Crippen LogP contribution in [0.2, 0.25) is 0 Å². The number of rotatable bonds is 3. The van der Waals surface area contributed by atoms with Gasteiger partial charge in [0.2, 0.25) is 0 Å². The number of allylic oxidation sites excluding steroid dienone is 4. The Bertz CT molecular complexity index is 494. The molecule has 3 heteroatoms. The van der Waals surface area contributed by atoms with Crippen molar-refractivity contribution in [1.29, 1.82) is 5.26 Å². The van der Waals surface area contributed by atoms with Gasteiger partial charge >= 0.3 is 5.97 Å². The van der Waals surface area contributed by atoms with E-state index in [1.807, 2.05) is 55.5 Å². The Kier molecular flexibility index (Phi) is 25.0. The topological polar surface area (TPSA) is 61.1 Å². The first kappa shape index (κ1) is 23.9. The molecule has 22 heavy (non-hydrogen) atoms. The summed E-state index contributed by atoms with van der Waals surface area (Å²) in [6, 6.07) is 11.7. The van der Waals surface area contributed by atoms with Gasteiger partial charge in [0.25, 0.3) is 0 Å². The van der Waals surface area contributed by atoms with Crippen LogP contribution in [0.3, 0.4) is 0 Å². The largest absolute Gasteiger partial charge is 0.478 e. The molecule has 0 atom stereocenters. The average molecular weight is 297 g/mol. The van der Waals surface area contributed by atoms with E-state index in [1.165, 1.54) is 11.6 Å². The number of carboxylic acid groups (broad SMARTS) is 1. The molecule has 0 saturated heterocycles. The molecule has 1 aromatic rings. The molecule has 1 N–H and O–H groups in total. The molecule has 0 fully saturated rings. The zero-order valence-electron chi connectivity index (χ0n) is 13.0. The van der Waals surface area contributed by atoms with Crippen LogP contribution in [-0.4, -0.2) is 11.1 Å². The zero-order chi connectivity index (χ0) is 17.6. The highest BCUT2D eigenvalue weighted by molar-refractivity contribution is 5.78. The lowest BCUT2D eigenvalue weighted by atomic mass is 10.2. The maximum absolute atomic E-state index is 9.25. The molecular formula is C19H23NO2. The number of aliphatic carboxylic acids is 1. The number of hydrogen-bond acceptors (Lipinski definition) is 2. The van der Waals surface area contributed by atoms with Crippen molar-refractivity contribution in [3.63, 3.8) is 0 Å². The molecule has 0 radical (unpaired) electrons.